The maximum absolute atomic E-state index is 10.3. The van der Waals surface area contributed by atoms with E-state index in [0.717, 1.165) is 0 Å². The second-order valence-corrected chi connectivity index (χ2v) is 12.8. The Morgan fingerprint density at radius 3 is 1.67 bits per heavy atom. The van der Waals surface area contributed by atoms with E-state index in [-0.39, 0.29) is 0 Å². The first-order valence-electron chi connectivity index (χ1n) is 1.32. The third kappa shape index (κ3) is 3.54. The summed E-state index contributed by atoms with van der Waals surface area (Å²) in [7, 11) is -0.409. The molecule has 0 aromatic rings. The summed E-state index contributed by atoms with van der Waals surface area (Å²) in [5.74, 6) is 4.02. The van der Waals surface area contributed by atoms with Gasteiger partial charge in [0.25, 0.3) is 0 Å². The van der Waals surface area contributed by atoms with E-state index in [0.29, 0.717) is 27.7 Å². The van der Waals surface area contributed by atoms with Crippen molar-refractivity contribution in [2.45, 2.75) is 11.6 Å². The molecule has 0 saturated heterocycles. The minimum atomic E-state index is -0.409. The van der Waals surface area contributed by atoms with Crippen LogP contribution in [0.1, 0.15) is 0 Å². The van der Waals surface area contributed by atoms with Crippen molar-refractivity contribution in [3.63, 3.8) is 0 Å². The van der Waals surface area contributed by atoms with E-state index in [2.05, 4.69) is 0 Å². The molecular formula is C2H6OSSe2. The predicted molar refractivity (Wildman–Crippen MR) is 31.4 cm³/mol. The Balaban J connectivity index is 2.75. The monoisotopic (exact) mass is 238 g/mol. The summed E-state index contributed by atoms with van der Waals surface area (Å²) >= 11 is 0.767. The summed E-state index contributed by atoms with van der Waals surface area (Å²) in [6, 6.07) is 0. The van der Waals surface area contributed by atoms with Crippen LogP contribution in [0, 0.1) is 0 Å². The molecule has 0 aromatic heterocycles. The van der Waals surface area contributed by atoms with Gasteiger partial charge >= 0.3 is 51.9 Å². The van der Waals surface area contributed by atoms with Crippen LogP contribution in [-0.2, 0) is 8.01 Å². The molecular weight excluding hydrogens is 230 g/mol. The average molecular weight is 236 g/mol. The SMILES string of the molecule is C[Se][S+]([O-])[Se]C. The molecule has 0 radical (unpaired) electrons. The van der Waals surface area contributed by atoms with E-state index in [9.17, 15) is 4.55 Å². The van der Waals surface area contributed by atoms with Crippen molar-refractivity contribution < 1.29 is 4.55 Å². The molecule has 0 spiro atoms. The van der Waals surface area contributed by atoms with Crippen LogP contribution in [0.4, 0.5) is 0 Å². The summed E-state index contributed by atoms with van der Waals surface area (Å²) in [6.45, 7) is 0. The molecule has 0 atom stereocenters. The molecule has 0 aliphatic carbocycles. The predicted octanol–water partition coefficient (Wildman–Crippen LogP) is 0.0697. The van der Waals surface area contributed by atoms with Gasteiger partial charge in [-0.25, -0.2) is 0 Å². The van der Waals surface area contributed by atoms with E-state index >= 15 is 0 Å². The third-order valence-corrected chi connectivity index (χ3v) is 13.1. The Labute approximate surface area is 51.9 Å². The third-order valence-electron chi connectivity index (χ3n) is 0.272. The zero-order valence-corrected chi connectivity index (χ0v) is 7.88. The Morgan fingerprint density at radius 2 is 1.67 bits per heavy atom. The van der Waals surface area contributed by atoms with Crippen LogP contribution in [0.15, 0.2) is 0 Å². The fraction of sp³-hybridized carbons (Fsp3) is 1.00. The Morgan fingerprint density at radius 1 is 1.33 bits per heavy atom. The number of rotatable bonds is 2. The normalized spacial score (nSPS) is 10.0. The Bertz CT molecular complexity index is 30.7. The maximum atomic E-state index is 10.3. The molecule has 4 heteroatoms. The molecule has 0 bridgehead atoms. The average Bonchev–Trinajstić information content (AvgIpc) is 1.65. The fourth-order valence-electron chi connectivity index (χ4n) is 0.0680. The molecule has 0 N–H and O–H groups in total. The van der Waals surface area contributed by atoms with Gasteiger partial charge in [-0.15, -0.1) is 0 Å². The summed E-state index contributed by atoms with van der Waals surface area (Å²) in [4.78, 5) is 0. The number of hydrogen-bond donors (Lipinski definition) is 0. The summed E-state index contributed by atoms with van der Waals surface area (Å²) in [5.41, 5.74) is 0. The molecule has 0 aromatic carbocycles. The van der Waals surface area contributed by atoms with Gasteiger partial charge in [0.15, 0.2) is 0 Å². The van der Waals surface area contributed by atoms with Gasteiger partial charge < -0.3 is 0 Å². The van der Waals surface area contributed by atoms with Gasteiger partial charge in [0.1, 0.15) is 0 Å². The van der Waals surface area contributed by atoms with Crippen LogP contribution in [0.25, 0.3) is 0 Å². The van der Waals surface area contributed by atoms with Crippen molar-refractivity contribution in [1.82, 2.24) is 0 Å². The van der Waals surface area contributed by atoms with Crippen molar-refractivity contribution in [2.24, 2.45) is 0 Å². The van der Waals surface area contributed by atoms with Gasteiger partial charge in [-0.2, -0.15) is 0 Å². The molecule has 0 aliphatic heterocycles. The van der Waals surface area contributed by atoms with Crippen molar-refractivity contribution in [2.75, 3.05) is 0 Å². The van der Waals surface area contributed by atoms with Gasteiger partial charge in [-0.1, -0.05) is 0 Å². The molecule has 0 saturated carbocycles. The first-order valence-corrected chi connectivity index (χ1v) is 9.94. The van der Waals surface area contributed by atoms with E-state index < -0.39 is 8.01 Å². The zero-order chi connectivity index (χ0) is 4.99. The van der Waals surface area contributed by atoms with Crippen molar-refractivity contribution in [3.05, 3.63) is 0 Å². The zero-order valence-electron chi connectivity index (χ0n) is 3.63. The van der Waals surface area contributed by atoms with Gasteiger partial charge in [0.05, 0.1) is 0 Å². The van der Waals surface area contributed by atoms with Gasteiger partial charge in [0.2, 0.25) is 0 Å². The summed E-state index contributed by atoms with van der Waals surface area (Å²) in [5, 5.41) is 0. The molecule has 0 aliphatic rings. The van der Waals surface area contributed by atoms with Crippen LogP contribution in [0.3, 0.4) is 0 Å². The van der Waals surface area contributed by atoms with Crippen LogP contribution >= 0.6 is 0 Å². The molecule has 0 unspecified atom stereocenters. The second kappa shape index (κ2) is 4.51. The minimum absolute atomic E-state index is 0.384. The Hall–Kier alpha value is 1.35. The molecule has 6 heavy (non-hydrogen) atoms. The topological polar surface area (TPSA) is 23.1 Å². The number of hydrogen-bond acceptors (Lipinski definition) is 1. The van der Waals surface area contributed by atoms with Crippen molar-refractivity contribution in [3.8, 4) is 0 Å². The summed E-state index contributed by atoms with van der Waals surface area (Å²) < 4.78 is 10.3. The van der Waals surface area contributed by atoms with Crippen LogP contribution < -0.4 is 0 Å². The molecule has 0 rings (SSSR count). The van der Waals surface area contributed by atoms with Crippen LogP contribution in [0.2, 0.25) is 11.6 Å². The van der Waals surface area contributed by atoms with Crippen molar-refractivity contribution in [1.29, 1.82) is 0 Å². The molecule has 0 amide bonds. The quantitative estimate of drug-likeness (QED) is 0.491. The molecule has 1 nitrogen and oxygen atoms in total. The molecule has 38 valence electrons. The first kappa shape index (κ1) is 7.35. The standard InChI is InChI=1S/C2H6OSSe2/c1-5-4(3)6-2/h1-2H3. The fourth-order valence-corrected chi connectivity index (χ4v) is 5.51. The van der Waals surface area contributed by atoms with E-state index in [1.54, 1.807) is 0 Å². The second-order valence-electron chi connectivity index (χ2n) is 0.537. The molecule has 0 heterocycles. The molecule has 0 fully saturated rings. The van der Waals surface area contributed by atoms with Crippen LogP contribution in [0.5, 0.6) is 0 Å². The van der Waals surface area contributed by atoms with E-state index in [1.165, 1.54) is 0 Å². The van der Waals surface area contributed by atoms with Gasteiger partial charge in [-0.3, -0.25) is 0 Å². The van der Waals surface area contributed by atoms with Crippen LogP contribution in [-0.4, -0.2) is 32.2 Å². The van der Waals surface area contributed by atoms with E-state index in [1.807, 2.05) is 11.6 Å². The Kier molecular flexibility index (Phi) is 5.52. The van der Waals surface area contributed by atoms with Gasteiger partial charge in [0, 0.05) is 0 Å². The summed E-state index contributed by atoms with van der Waals surface area (Å²) in [6.07, 6.45) is 0. The van der Waals surface area contributed by atoms with Gasteiger partial charge in [-0.05, 0) is 0 Å². The van der Waals surface area contributed by atoms with E-state index in [4.69, 9.17) is 0 Å². The van der Waals surface area contributed by atoms with Crippen molar-refractivity contribution >= 4 is 35.7 Å². The first-order chi connectivity index (χ1) is 2.81.